The van der Waals surface area contributed by atoms with Crippen molar-refractivity contribution in [1.82, 2.24) is 4.90 Å². The van der Waals surface area contributed by atoms with Crippen molar-refractivity contribution in [3.05, 3.63) is 34.2 Å². The first-order chi connectivity index (χ1) is 12.6. The summed E-state index contributed by atoms with van der Waals surface area (Å²) in [4.78, 5) is 37.5. The zero-order valence-corrected chi connectivity index (χ0v) is 17.1. The van der Waals surface area contributed by atoms with Gasteiger partial charge in [0.2, 0.25) is 0 Å². The van der Waals surface area contributed by atoms with Crippen LogP contribution in [0.25, 0.3) is 6.08 Å². The molecule has 146 valence electrons. The topological polar surface area (TPSA) is 72.9 Å². The quantitative estimate of drug-likeness (QED) is 0.446. The van der Waals surface area contributed by atoms with Crippen LogP contribution in [0.3, 0.4) is 0 Å². The Bertz CT molecular complexity index is 779. The van der Waals surface area contributed by atoms with Gasteiger partial charge in [-0.05, 0) is 29.2 Å². The number of carbonyl (C=O) groups is 3. The number of rotatable bonds is 4. The molecule has 1 heterocycles. The second-order valence-electron chi connectivity index (χ2n) is 7.26. The molecular weight excluding hydrogens is 366 g/mol. The van der Waals surface area contributed by atoms with Crippen LogP contribution >= 0.6 is 11.8 Å². The van der Waals surface area contributed by atoms with Crippen molar-refractivity contribution in [2.24, 2.45) is 0 Å². The molecule has 6 nitrogen and oxygen atoms in total. The molecule has 1 aliphatic rings. The highest BCUT2D eigenvalue weighted by molar-refractivity contribution is 8.04. The van der Waals surface area contributed by atoms with Crippen molar-refractivity contribution in [2.75, 3.05) is 26.0 Å². The summed E-state index contributed by atoms with van der Waals surface area (Å²) in [5, 5.41) is 0. The van der Waals surface area contributed by atoms with Crippen molar-refractivity contribution >= 4 is 35.7 Å². The van der Waals surface area contributed by atoms with Gasteiger partial charge in [0.1, 0.15) is 12.3 Å². The minimum Gasteiger partial charge on any atom is -0.468 e. The Morgan fingerprint density at radius 2 is 2.00 bits per heavy atom. The van der Waals surface area contributed by atoms with E-state index in [1.807, 2.05) is 39.0 Å². The van der Waals surface area contributed by atoms with Crippen molar-refractivity contribution < 1.29 is 23.9 Å². The fraction of sp³-hybridized carbons (Fsp3) is 0.450. The van der Waals surface area contributed by atoms with Gasteiger partial charge in [0.05, 0.1) is 12.0 Å². The third kappa shape index (κ3) is 5.60. The first-order valence-corrected chi connectivity index (χ1v) is 9.64. The molecule has 0 aliphatic carbocycles. The Morgan fingerprint density at radius 1 is 1.30 bits per heavy atom. The standard InChI is InChI=1S/C20H25NO5S/c1-13(22)26-16-7-6-14(10-15(16)20(2,3)4)11-17-19(24)21(8-9-27-17)12-18(23)25-5/h6-7,10-11H,8-9,12H2,1-5H3. The zero-order valence-electron chi connectivity index (χ0n) is 16.3. The van der Waals surface area contributed by atoms with Crippen LogP contribution < -0.4 is 4.74 Å². The van der Waals surface area contributed by atoms with Crippen LogP contribution in [0.4, 0.5) is 0 Å². The second-order valence-corrected chi connectivity index (χ2v) is 8.40. The number of thioether (sulfide) groups is 1. The van der Waals surface area contributed by atoms with Gasteiger partial charge in [0, 0.05) is 24.8 Å². The smallest absolute Gasteiger partial charge is 0.325 e. The molecule has 0 spiro atoms. The molecule has 27 heavy (non-hydrogen) atoms. The van der Waals surface area contributed by atoms with E-state index in [4.69, 9.17) is 4.74 Å². The van der Waals surface area contributed by atoms with E-state index < -0.39 is 5.97 Å². The second kappa shape index (κ2) is 8.61. The monoisotopic (exact) mass is 391 g/mol. The largest absolute Gasteiger partial charge is 0.468 e. The van der Waals surface area contributed by atoms with Crippen LogP contribution in [0.5, 0.6) is 5.75 Å². The van der Waals surface area contributed by atoms with Crippen LogP contribution in [0.2, 0.25) is 0 Å². The molecular formula is C20H25NO5S. The van der Waals surface area contributed by atoms with Gasteiger partial charge in [-0.2, -0.15) is 0 Å². The zero-order chi connectivity index (χ0) is 20.2. The van der Waals surface area contributed by atoms with E-state index in [9.17, 15) is 14.4 Å². The summed E-state index contributed by atoms with van der Waals surface area (Å²) in [6.07, 6.45) is 1.81. The molecule has 0 radical (unpaired) electrons. The predicted molar refractivity (Wildman–Crippen MR) is 105 cm³/mol. The predicted octanol–water partition coefficient (Wildman–Crippen LogP) is 3.00. The number of ether oxygens (including phenoxy) is 2. The lowest BCUT2D eigenvalue weighted by atomic mass is 9.85. The molecule has 1 saturated heterocycles. The Hall–Kier alpha value is -2.28. The number of methoxy groups -OCH3 is 1. The average molecular weight is 391 g/mol. The summed E-state index contributed by atoms with van der Waals surface area (Å²) in [6, 6.07) is 5.49. The van der Waals surface area contributed by atoms with Crippen LogP contribution in [0.15, 0.2) is 23.1 Å². The molecule has 0 atom stereocenters. The summed E-state index contributed by atoms with van der Waals surface area (Å²) < 4.78 is 9.97. The molecule has 1 aromatic rings. The highest BCUT2D eigenvalue weighted by Crippen LogP contribution is 2.34. The molecule has 7 heteroatoms. The van der Waals surface area contributed by atoms with Gasteiger partial charge >= 0.3 is 11.9 Å². The van der Waals surface area contributed by atoms with Gasteiger partial charge in [-0.1, -0.05) is 26.8 Å². The number of benzene rings is 1. The molecule has 2 rings (SSSR count). The lowest BCUT2D eigenvalue weighted by molar-refractivity contribution is -0.145. The minimum atomic E-state index is -0.435. The van der Waals surface area contributed by atoms with Crippen LogP contribution in [-0.4, -0.2) is 48.7 Å². The Kier molecular flexibility index (Phi) is 6.70. The number of amides is 1. The molecule has 1 aromatic carbocycles. The van der Waals surface area contributed by atoms with E-state index in [2.05, 4.69) is 4.74 Å². The van der Waals surface area contributed by atoms with Crippen LogP contribution in [0, 0.1) is 0 Å². The van der Waals surface area contributed by atoms with Crippen molar-refractivity contribution in [3.8, 4) is 5.75 Å². The molecule has 0 aromatic heterocycles. The lowest BCUT2D eigenvalue weighted by Gasteiger charge is -2.27. The highest BCUT2D eigenvalue weighted by atomic mass is 32.2. The SMILES string of the molecule is COC(=O)CN1CCSC(=Cc2ccc(OC(C)=O)c(C(C)(C)C)c2)C1=O. The summed E-state index contributed by atoms with van der Waals surface area (Å²) in [5.41, 5.74) is 1.48. The van der Waals surface area contributed by atoms with Crippen molar-refractivity contribution in [1.29, 1.82) is 0 Å². The van der Waals surface area contributed by atoms with E-state index >= 15 is 0 Å². The number of nitrogens with zero attached hydrogens (tertiary/aromatic N) is 1. The third-order valence-corrected chi connectivity index (χ3v) is 5.02. The number of esters is 2. The summed E-state index contributed by atoms with van der Waals surface area (Å²) >= 11 is 1.47. The van der Waals surface area contributed by atoms with Gasteiger partial charge in [-0.3, -0.25) is 14.4 Å². The van der Waals surface area contributed by atoms with Gasteiger partial charge in [-0.25, -0.2) is 0 Å². The normalized spacial score (nSPS) is 16.4. The number of hydrogen-bond donors (Lipinski definition) is 0. The minimum absolute atomic E-state index is 0.0497. The van der Waals surface area contributed by atoms with Gasteiger partial charge < -0.3 is 14.4 Å². The van der Waals surface area contributed by atoms with E-state index in [-0.39, 0.29) is 23.8 Å². The maximum atomic E-state index is 12.6. The first kappa shape index (κ1) is 21.0. The summed E-state index contributed by atoms with van der Waals surface area (Å²) in [7, 11) is 1.31. The van der Waals surface area contributed by atoms with Gasteiger partial charge in [-0.15, -0.1) is 11.8 Å². The molecule has 0 bridgehead atoms. The molecule has 0 saturated carbocycles. The molecule has 1 fully saturated rings. The molecule has 1 amide bonds. The molecule has 1 aliphatic heterocycles. The Balaban J connectivity index is 2.33. The van der Waals surface area contributed by atoms with E-state index in [1.54, 1.807) is 6.07 Å². The van der Waals surface area contributed by atoms with Crippen LogP contribution in [0.1, 0.15) is 38.8 Å². The Labute approximate surface area is 163 Å². The number of hydrogen-bond acceptors (Lipinski definition) is 6. The summed E-state index contributed by atoms with van der Waals surface area (Å²) in [6.45, 7) is 7.93. The van der Waals surface area contributed by atoms with Gasteiger partial charge in [0.15, 0.2) is 0 Å². The fourth-order valence-electron chi connectivity index (χ4n) is 2.68. The maximum Gasteiger partial charge on any atom is 0.325 e. The fourth-order valence-corrected chi connectivity index (χ4v) is 3.68. The maximum absolute atomic E-state index is 12.6. The van der Waals surface area contributed by atoms with E-state index in [1.165, 1.54) is 30.7 Å². The lowest BCUT2D eigenvalue weighted by Crippen LogP contribution is -2.40. The molecule has 0 N–H and O–H groups in total. The van der Waals surface area contributed by atoms with Crippen LogP contribution in [-0.2, 0) is 24.5 Å². The average Bonchev–Trinajstić information content (AvgIpc) is 2.58. The van der Waals surface area contributed by atoms with E-state index in [0.29, 0.717) is 23.0 Å². The molecule has 0 unspecified atom stereocenters. The Morgan fingerprint density at radius 3 is 2.59 bits per heavy atom. The number of carbonyl (C=O) groups excluding carboxylic acids is 3. The summed E-state index contributed by atoms with van der Waals surface area (Å²) in [5.74, 6) is 0.246. The first-order valence-electron chi connectivity index (χ1n) is 8.65. The van der Waals surface area contributed by atoms with E-state index in [0.717, 1.165) is 11.1 Å². The third-order valence-electron chi connectivity index (χ3n) is 4.03. The van der Waals surface area contributed by atoms with Crippen molar-refractivity contribution in [3.63, 3.8) is 0 Å². The highest BCUT2D eigenvalue weighted by Gasteiger charge is 2.26. The van der Waals surface area contributed by atoms with Crippen molar-refractivity contribution in [2.45, 2.75) is 33.1 Å². The van der Waals surface area contributed by atoms with Gasteiger partial charge in [0.25, 0.3) is 5.91 Å².